The fourth-order valence-electron chi connectivity index (χ4n) is 1.99. The molecule has 1 aromatic heterocycles. The number of carbonyl (C=O) groups is 1. The summed E-state index contributed by atoms with van der Waals surface area (Å²) in [7, 11) is 0. The average Bonchev–Trinajstić information content (AvgIpc) is 2.46. The van der Waals surface area contributed by atoms with Crippen molar-refractivity contribution in [1.82, 2.24) is 14.9 Å². The molecule has 106 valence electrons. The van der Waals surface area contributed by atoms with Crippen LogP contribution in [0.5, 0.6) is 0 Å². The lowest BCUT2D eigenvalue weighted by molar-refractivity contribution is 0.0743. The van der Waals surface area contributed by atoms with Gasteiger partial charge in [0.1, 0.15) is 5.69 Å². The summed E-state index contributed by atoms with van der Waals surface area (Å²) >= 11 is 0. The maximum atomic E-state index is 12.4. The van der Waals surface area contributed by atoms with Crippen LogP contribution in [0.25, 0.3) is 0 Å². The second-order valence-corrected chi connectivity index (χ2v) is 4.80. The highest BCUT2D eigenvalue weighted by Gasteiger charge is 2.16. The minimum Gasteiger partial charge on any atom is -0.337 e. The molecule has 0 aliphatic carbocycles. The van der Waals surface area contributed by atoms with Crippen molar-refractivity contribution in [2.45, 2.75) is 52.4 Å². The standard InChI is InChI=1S/C15H25N3O/c1-3-5-7-11-18(12-8-6-4-2)15(19)14-13-16-9-10-17-14/h9-10,13H,3-8,11-12H2,1-2H3. The van der Waals surface area contributed by atoms with Gasteiger partial charge in [0.05, 0.1) is 6.20 Å². The normalized spacial score (nSPS) is 10.4. The molecule has 0 N–H and O–H groups in total. The molecule has 0 saturated heterocycles. The number of unbranched alkanes of at least 4 members (excludes halogenated alkanes) is 4. The van der Waals surface area contributed by atoms with Gasteiger partial charge in [-0.25, -0.2) is 4.98 Å². The van der Waals surface area contributed by atoms with E-state index in [1.54, 1.807) is 18.6 Å². The van der Waals surface area contributed by atoms with Crippen molar-refractivity contribution >= 4 is 5.91 Å². The average molecular weight is 263 g/mol. The summed E-state index contributed by atoms with van der Waals surface area (Å²) < 4.78 is 0. The van der Waals surface area contributed by atoms with E-state index in [0.717, 1.165) is 38.8 Å². The van der Waals surface area contributed by atoms with Gasteiger partial charge in [-0.1, -0.05) is 39.5 Å². The Morgan fingerprint density at radius 3 is 2.16 bits per heavy atom. The molecule has 1 heterocycles. The van der Waals surface area contributed by atoms with E-state index in [1.165, 1.54) is 12.8 Å². The van der Waals surface area contributed by atoms with E-state index in [9.17, 15) is 4.79 Å². The maximum absolute atomic E-state index is 12.4. The van der Waals surface area contributed by atoms with Crippen LogP contribution in [0.2, 0.25) is 0 Å². The zero-order chi connectivity index (χ0) is 13.9. The summed E-state index contributed by atoms with van der Waals surface area (Å²) in [4.78, 5) is 22.4. The van der Waals surface area contributed by atoms with Gasteiger partial charge in [-0.15, -0.1) is 0 Å². The number of aromatic nitrogens is 2. The number of amides is 1. The van der Waals surface area contributed by atoms with Crippen LogP contribution in [0.4, 0.5) is 0 Å². The second-order valence-electron chi connectivity index (χ2n) is 4.80. The van der Waals surface area contributed by atoms with Crippen molar-refractivity contribution in [2.75, 3.05) is 13.1 Å². The number of nitrogens with zero attached hydrogens (tertiary/aromatic N) is 3. The van der Waals surface area contributed by atoms with Crippen LogP contribution in [0.3, 0.4) is 0 Å². The smallest absolute Gasteiger partial charge is 0.274 e. The van der Waals surface area contributed by atoms with Gasteiger partial charge in [-0.2, -0.15) is 0 Å². The Bertz CT molecular complexity index is 344. The third-order valence-electron chi connectivity index (χ3n) is 3.13. The molecule has 1 aromatic rings. The zero-order valence-corrected chi connectivity index (χ0v) is 12.1. The number of rotatable bonds is 9. The third kappa shape index (κ3) is 5.81. The summed E-state index contributed by atoms with van der Waals surface area (Å²) in [6, 6.07) is 0. The van der Waals surface area contributed by atoms with Gasteiger partial charge in [0, 0.05) is 25.5 Å². The third-order valence-corrected chi connectivity index (χ3v) is 3.13. The highest BCUT2D eigenvalue weighted by atomic mass is 16.2. The molecule has 0 bridgehead atoms. The molecular weight excluding hydrogens is 238 g/mol. The Hall–Kier alpha value is -1.45. The summed E-state index contributed by atoms with van der Waals surface area (Å²) in [6.07, 6.45) is 11.5. The van der Waals surface area contributed by atoms with Crippen molar-refractivity contribution in [2.24, 2.45) is 0 Å². The lowest BCUT2D eigenvalue weighted by atomic mass is 10.2. The molecule has 0 aliphatic rings. The molecule has 0 spiro atoms. The van der Waals surface area contributed by atoms with E-state index < -0.39 is 0 Å². The molecule has 0 atom stereocenters. The summed E-state index contributed by atoms with van der Waals surface area (Å²) in [5.74, 6) is 0.0142. The Balaban J connectivity index is 2.57. The van der Waals surface area contributed by atoms with Crippen LogP contribution in [0.1, 0.15) is 62.9 Å². The van der Waals surface area contributed by atoms with Crippen molar-refractivity contribution in [3.05, 3.63) is 24.3 Å². The largest absolute Gasteiger partial charge is 0.337 e. The van der Waals surface area contributed by atoms with Crippen LogP contribution in [0, 0.1) is 0 Å². The van der Waals surface area contributed by atoms with Gasteiger partial charge in [-0.3, -0.25) is 9.78 Å². The van der Waals surface area contributed by atoms with E-state index in [2.05, 4.69) is 23.8 Å². The van der Waals surface area contributed by atoms with Crippen molar-refractivity contribution in [1.29, 1.82) is 0 Å². The molecule has 0 aliphatic heterocycles. The highest BCUT2D eigenvalue weighted by Crippen LogP contribution is 2.07. The molecule has 0 unspecified atom stereocenters. The van der Waals surface area contributed by atoms with Crippen molar-refractivity contribution < 1.29 is 4.79 Å². The number of carbonyl (C=O) groups excluding carboxylic acids is 1. The Labute approximate surface area is 116 Å². The predicted molar refractivity (Wildman–Crippen MR) is 77.0 cm³/mol. The zero-order valence-electron chi connectivity index (χ0n) is 12.1. The first-order chi connectivity index (χ1) is 9.29. The molecule has 0 aromatic carbocycles. The van der Waals surface area contributed by atoms with Crippen molar-refractivity contribution in [3.63, 3.8) is 0 Å². The minimum absolute atomic E-state index is 0.0142. The van der Waals surface area contributed by atoms with Crippen LogP contribution in [-0.4, -0.2) is 33.9 Å². The predicted octanol–water partition coefficient (Wildman–Crippen LogP) is 3.30. The minimum atomic E-state index is 0.0142. The second kappa shape index (κ2) is 9.48. The maximum Gasteiger partial charge on any atom is 0.274 e. The summed E-state index contributed by atoms with van der Waals surface area (Å²) in [6.45, 7) is 6.00. The molecule has 0 saturated carbocycles. The lowest BCUT2D eigenvalue weighted by Crippen LogP contribution is -2.33. The molecule has 19 heavy (non-hydrogen) atoms. The first kappa shape index (κ1) is 15.6. The van der Waals surface area contributed by atoms with Crippen LogP contribution < -0.4 is 0 Å². The molecule has 0 radical (unpaired) electrons. The Morgan fingerprint density at radius 1 is 1.05 bits per heavy atom. The highest BCUT2D eigenvalue weighted by molar-refractivity contribution is 5.91. The Morgan fingerprint density at radius 2 is 1.68 bits per heavy atom. The van der Waals surface area contributed by atoms with Gasteiger partial charge in [-0.05, 0) is 12.8 Å². The fraction of sp³-hybridized carbons (Fsp3) is 0.667. The van der Waals surface area contributed by atoms with E-state index in [1.807, 2.05) is 4.90 Å². The molecule has 1 rings (SSSR count). The summed E-state index contributed by atoms with van der Waals surface area (Å²) in [5.41, 5.74) is 0.454. The summed E-state index contributed by atoms with van der Waals surface area (Å²) in [5, 5.41) is 0. The number of hydrogen-bond donors (Lipinski definition) is 0. The fourth-order valence-corrected chi connectivity index (χ4v) is 1.99. The Kier molecular flexibility index (Phi) is 7.78. The number of hydrogen-bond acceptors (Lipinski definition) is 3. The molecule has 1 amide bonds. The molecule has 4 nitrogen and oxygen atoms in total. The molecular formula is C15H25N3O. The van der Waals surface area contributed by atoms with Gasteiger partial charge in [0.15, 0.2) is 0 Å². The first-order valence-corrected chi connectivity index (χ1v) is 7.34. The van der Waals surface area contributed by atoms with Gasteiger partial charge >= 0.3 is 0 Å². The topological polar surface area (TPSA) is 46.1 Å². The lowest BCUT2D eigenvalue weighted by Gasteiger charge is -2.22. The van der Waals surface area contributed by atoms with E-state index >= 15 is 0 Å². The van der Waals surface area contributed by atoms with Gasteiger partial charge in [0.25, 0.3) is 5.91 Å². The quantitative estimate of drug-likeness (QED) is 0.642. The van der Waals surface area contributed by atoms with Crippen LogP contribution >= 0.6 is 0 Å². The van der Waals surface area contributed by atoms with E-state index in [0.29, 0.717) is 5.69 Å². The molecule has 0 fully saturated rings. The first-order valence-electron chi connectivity index (χ1n) is 7.34. The monoisotopic (exact) mass is 263 g/mol. The van der Waals surface area contributed by atoms with Gasteiger partial charge < -0.3 is 4.90 Å². The van der Waals surface area contributed by atoms with E-state index in [-0.39, 0.29) is 5.91 Å². The van der Waals surface area contributed by atoms with Crippen LogP contribution in [-0.2, 0) is 0 Å². The van der Waals surface area contributed by atoms with Crippen molar-refractivity contribution in [3.8, 4) is 0 Å². The SMILES string of the molecule is CCCCCN(CCCCC)C(=O)c1cnccn1. The van der Waals surface area contributed by atoms with Crippen LogP contribution in [0.15, 0.2) is 18.6 Å². The van der Waals surface area contributed by atoms with E-state index in [4.69, 9.17) is 0 Å². The molecule has 4 heteroatoms. The van der Waals surface area contributed by atoms with Gasteiger partial charge in [0.2, 0.25) is 0 Å².